The highest BCUT2D eigenvalue weighted by atomic mass is 127. The van der Waals surface area contributed by atoms with E-state index in [-0.39, 0.29) is 34.4 Å². The number of hydrogen-bond acceptors (Lipinski definition) is 6. The molecule has 4 aromatic rings. The molecule has 9 nitrogen and oxygen atoms in total. The molecule has 0 aliphatic heterocycles. The maximum atomic E-state index is 13.9. The van der Waals surface area contributed by atoms with Crippen LogP contribution in [0.25, 0.3) is 10.9 Å². The number of fused-ring (bicyclic) bond motifs is 1. The molecule has 0 unspecified atom stereocenters. The Kier molecular flexibility index (Phi) is 11.0. The Hall–Kier alpha value is -3.48. The van der Waals surface area contributed by atoms with E-state index < -0.39 is 35.7 Å². The molecule has 2 atom stereocenters. The van der Waals surface area contributed by atoms with Gasteiger partial charge in [0.2, 0.25) is 5.91 Å². The van der Waals surface area contributed by atoms with Gasteiger partial charge in [0.25, 0.3) is 0 Å². The van der Waals surface area contributed by atoms with Crippen LogP contribution in [-0.4, -0.2) is 41.7 Å². The Morgan fingerprint density at radius 1 is 0.977 bits per heavy atom. The summed E-state index contributed by atoms with van der Waals surface area (Å²) in [4.78, 5) is 43.6. The summed E-state index contributed by atoms with van der Waals surface area (Å²) < 4.78 is 17.3. The molecule has 0 aliphatic rings. The fraction of sp³-hybridized carbons (Fsp3) is 0.281. The first-order valence-electron chi connectivity index (χ1n) is 13.6. The monoisotopic (exact) mass is 751 g/mol. The summed E-state index contributed by atoms with van der Waals surface area (Å²) in [5.74, 6) is -1.17. The lowest BCUT2D eigenvalue weighted by atomic mass is 10.0. The number of carbonyl (C=O) groups excluding carboxylic acids is 3. The number of benzene rings is 3. The van der Waals surface area contributed by atoms with E-state index in [1.807, 2.05) is 48.5 Å². The molecule has 4 rings (SSSR count). The lowest BCUT2D eigenvalue weighted by Crippen LogP contribution is -2.50. The molecule has 232 valence electrons. The number of aromatic nitrogens is 1. The topological polar surface area (TPSA) is 119 Å². The molecule has 0 fully saturated rings. The molecule has 0 saturated carbocycles. The average molecular weight is 752 g/mol. The predicted molar refractivity (Wildman–Crippen MR) is 178 cm³/mol. The molecule has 0 saturated heterocycles. The van der Waals surface area contributed by atoms with Crippen LogP contribution in [-0.2, 0) is 32.1 Å². The minimum atomic E-state index is -1.31. The van der Waals surface area contributed by atoms with Crippen molar-refractivity contribution in [3.63, 3.8) is 0 Å². The summed E-state index contributed by atoms with van der Waals surface area (Å²) in [6.07, 6.45) is 1.09. The van der Waals surface area contributed by atoms with Gasteiger partial charge in [-0.25, -0.2) is 9.59 Å². The van der Waals surface area contributed by atoms with Crippen molar-refractivity contribution < 1.29 is 28.6 Å². The molecule has 1 heterocycles. The number of nitrogens with one attached hydrogen (secondary N) is 3. The highest BCUT2D eigenvalue weighted by Gasteiger charge is 2.33. The molecule has 3 aromatic carbocycles. The van der Waals surface area contributed by atoms with Gasteiger partial charge in [-0.2, -0.15) is 0 Å². The summed E-state index contributed by atoms with van der Waals surface area (Å²) in [6, 6.07) is 15.5. The van der Waals surface area contributed by atoms with E-state index in [1.165, 1.54) is 19.2 Å². The summed E-state index contributed by atoms with van der Waals surface area (Å²) in [5, 5.41) is 6.60. The van der Waals surface area contributed by atoms with Gasteiger partial charge in [-0.1, -0.05) is 65.7 Å². The van der Waals surface area contributed by atoms with Crippen molar-refractivity contribution in [2.75, 3.05) is 7.11 Å². The maximum absolute atomic E-state index is 13.9. The van der Waals surface area contributed by atoms with Crippen molar-refractivity contribution in [1.82, 2.24) is 15.6 Å². The van der Waals surface area contributed by atoms with Crippen LogP contribution in [0.4, 0.5) is 4.79 Å². The van der Waals surface area contributed by atoms with Crippen molar-refractivity contribution in [2.45, 2.75) is 51.5 Å². The lowest BCUT2D eigenvalue weighted by molar-refractivity contribution is -0.159. The molecule has 0 spiro atoms. The van der Waals surface area contributed by atoms with Crippen LogP contribution in [0, 0.1) is 3.57 Å². The molecule has 12 heteroatoms. The number of carbonyl (C=O) groups is 3. The van der Waals surface area contributed by atoms with Crippen molar-refractivity contribution >= 4 is 74.7 Å². The zero-order valence-corrected chi connectivity index (χ0v) is 28.2. The van der Waals surface area contributed by atoms with Gasteiger partial charge in [-0.15, -0.1) is 0 Å². The van der Waals surface area contributed by atoms with Gasteiger partial charge in [-0.3, -0.25) is 4.79 Å². The second-order valence-corrected chi connectivity index (χ2v) is 12.9. The van der Waals surface area contributed by atoms with Crippen LogP contribution in [0.2, 0.25) is 10.0 Å². The Balaban J connectivity index is 1.65. The van der Waals surface area contributed by atoms with Gasteiger partial charge in [0, 0.05) is 21.6 Å². The molecule has 0 radical (unpaired) electrons. The number of esters is 1. The van der Waals surface area contributed by atoms with E-state index >= 15 is 0 Å². The van der Waals surface area contributed by atoms with E-state index in [2.05, 4.69) is 38.2 Å². The van der Waals surface area contributed by atoms with Crippen molar-refractivity contribution in [3.8, 4) is 5.75 Å². The second-order valence-electron chi connectivity index (χ2n) is 10.9. The number of amides is 2. The largest absolute Gasteiger partial charge is 0.494 e. The smallest absolute Gasteiger partial charge is 0.408 e. The van der Waals surface area contributed by atoms with E-state index in [4.69, 9.17) is 37.4 Å². The minimum Gasteiger partial charge on any atom is -0.494 e. The maximum Gasteiger partial charge on any atom is 0.408 e. The fourth-order valence-corrected chi connectivity index (χ4v) is 5.82. The van der Waals surface area contributed by atoms with Gasteiger partial charge in [0.15, 0.2) is 11.8 Å². The van der Waals surface area contributed by atoms with Crippen molar-refractivity contribution in [3.05, 3.63) is 97.2 Å². The first-order valence-corrected chi connectivity index (χ1v) is 15.5. The first kappa shape index (κ1) is 33.4. The fourth-order valence-electron chi connectivity index (χ4n) is 4.50. The van der Waals surface area contributed by atoms with Crippen LogP contribution in [0.1, 0.15) is 43.5 Å². The molecule has 3 N–H and O–H groups in total. The SMILES string of the molecule is COc1c(Cl)cc([C@@H](NC(=O)[C@@H](Cc2c[nH]c3c(I)cccc23)NC(=O)OCc2ccccc2)C(=O)OC(C)(C)C)cc1Cl. The van der Waals surface area contributed by atoms with E-state index in [1.54, 1.807) is 27.0 Å². The third-order valence-electron chi connectivity index (χ3n) is 6.48. The van der Waals surface area contributed by atoms with Crippen LogP contribution in [0.15, 0.2) is 66.9 Å². The Morgan fingerprint density at radius 3 is 2.30 bits per heavy atom. The third-order valence-corrected chi connectivity index (χ3v) is 7.94. The van der Waals surface area contributed by atoms with Gasteiger partial charge >= 0.3 is 12.1 Å². The molecule has 0 bridgehead atoms. The van der Waals surface area contributed by atoms with E-state index in [0.717, 1.165) is 25.6 Å². The van der Waals surface area contributed by atoms with Crippen LogP contribution in [0.5, 0.6) is 5.75 Å². The number of hydrogen-bond donors (Lipinski definition) is 3. The zero-order valence-electron chi connectivity index (χ0n) is 24.5. The van der Waals surface area contributed by atoms with E-state index in [9.17, 15) is 14.4 Å². The Bertz CT molecular complexity index is 1630. The Labute approximate surface area is 279 Å². The summed E-state index contributed by atoms with van der Waals surface area (Å²) in [5.41, 5.74) is 1.89. The summed E-state index contributed by atoms with van der Waals surface area (Å²) in [7, 11) is 1.42. The minimum absolute atomic E-state index is 0.00960. The number of para-hydroxylation sites is 1. The number of aromatic amines is 1. The molecule has 1 aromatic heterocycles. The number of methoxy groups -OCH3 is 1. The van der Waals surface area contributed by atoms with Crippen molar-refractivity contribution in [2.24, 2.45) is 0 Å². The quantitative estimate of drug-likeness (QED) is 0.117. The van der Waals surface area contributed by atoms with Gasteiger partial charge in [0.1, 0.15) is 18.2 Å². The highest BCUT2D eigenvalue weighted by Crippen LogP contribution is 2.36. The van der Waals surface area contributed by atoms with Crippen molar-refractivity contribution in [1.29, 1.82) is 0 Å². The highest BCUT2D eigenvalue weighted by molar-refractivity contribution is 14.1. The number of alkyl carbamates (subject to hydrolysis) is 1. The van der Waals surface area contributed by atoms with Crippen LogP contribution >= 0.6 is 45.8 Å². The average Bonchev–Trinajstić information content (AvgIpc) is 3.37. The normalized spacial score (nSPS) is 12.7. The second kappa shape index (κ2) is 14.5. The molecule has 44 heavy (non-hydrogen) atoms. The summed E-state index contributed by atoms with van der Waals surface area (Å²) in [6.45, 7) is 5.14. The molecular weight excluding hydrogens is 720 g/mol. The lowest BCUT2D eigenvalue weighted by Gasteiger charge is -2.27. The predicted octanol–water partition coefficient (Wildman–Crippen LogP) is 7.12. The number of halogens is 3. The molecule has 2 amide bonds. The third kappa shape index (κ3) is 8.58. The number of rotatable bonds is 10. The Morgan fingerprint density at radius 2 is 1.66 bits per heavy atom. The van der Waals surface area contributed by atoms with E-state index in [0.29, 0.717) is 0 Å². The van der Waals surface area contributed by atoms with Gasteiger partial charge in [-0.05, 0) is 78.3 Å². The number of ether oxygens (including phenoxy) is 3. The van der Waals surface area contributed by atoms with Crippen LogP contribution in [0.3, 0.4) is 0 Å². The zero-order chi connectivity index (χ0) is 32.0. The standard InChI is InChI=1S/C32H32Cl2IN3O6/c1-32(2,3)44-30(40)26(19-13-22(33)28(42-4)23(34)14-19)38-29(39)25(37-31(41)43-17-18-9-6-5-7-10-18)15-20-16-36-27-21(20)11-8-12-24(27)35/h5-14,16,25-26,36H,15,17H2,1-4H3,(H,37,41)(H,38,39)/t25-,26-/m1/s1. The molecular formula is C32H32Cl2IN3O6. The number of H-pyrrole nitrogens is 1. The summed E-state index contributed by atoms with van der Waals surface area (Å²) >= 11 is 15.0. The molecule has 0 aliphatic carbocycles. The van der Waals surface area contributed by atoms with Crippen LogP contribution < -0.4 is 15.4 Å². The van der Waals surface area contributed by atoms with Gasteiger partial charge in [0.05, 0.1) is 22.7 Å². The first-order chi connectivity index (χ1) is 20.9. The van der Waals surface area contributed by atoms with Gasteiger partial charge < -0.3 is 29.8 Å².